The summed E-state index contributed by atoms with van der Waals surface area (Å²) in [6.45, 7) is 5.63. The van der Waals surface area contributed by atoms with Gasteiger partial charge in [-0.1, -0.05) is 23.7 Å². The van der Waals surface area contributed by atoms with E-state index in [1.54, 1.807) is 48.2 Å². The van der Waals surface area contributed by atoms with E-state index in [4.69, 9.17) is 26.0 Å². The summed E-state index contributed by atoms with van der Waals surface area (Å²) in [6.07, 6.45) is -0.730. The number of aromatic nitrogens is 2. The van der Waals surface area contributed by atoms with Crippen LogP contribution in [-0.4, -0.2) is 33.2 Å². The van der Waals surface area contributed by atoms with Crippen LogP contribution in [0.5, 0.6) is 5.75 Å². The van der Waals surface area contributed by atoms with Gasteiger partial charge < -0.3 is 14.1 Å². The SMILES string of the molecule is CC(Oc1ccc(C#N)cc1)C(=O)N(Cc1nnc(-c2ccccc2Cl)o1)C(C)C. The van der Waals surface area contributed by atoms with Crippen molar-refractivity contribution < 1.29 is 13.9 Å². The van der Waals surface area contributed by atoms with E-state index in [9.17, 15) is 4.79 Å². The van der Waals surface area contributed by atoms with Crippen molar-refractivity contribution >= 4 is 17.5 Å². The lowest BCUT2D eigenvalue weighted by Gasteiger charge is -2.28. The van der Waals surface area contributed by atoms with Crippen molar-refractivity contribution in [2.45, 2.75) is 39.5 Å². The molecule has 154 valence electrons. The van der Waals surface area contributed by atoms with Crippen LogP contribution in [0, 0.1) is 11.3 Å². The molecule has 1 aromatic heterocycles. The Kier molecular flexibility index (Phi) is 6.70. The number of halogens is 1. The van der Waals surface area contributed by atoms with Crippen LogP contribution in [-0.2, 0) is 11.3 Å². The van der Waals surface area contributed by atoms with Gasteiger partial charge >= 0.3 is 0 Å². The molecule has 0 spiro atoms. The standard InChI is InChI=1S/C22H21ClN4O3/c1-14(2)27(22(28)15(3)29-17-10-8-16(12-24)9-11-17)13-20-25-26-21(30-20)18-6-4-5-7-19(18)23/h4-11,14-15H,13H2,1-3H3. The molecule has 1 unspecified atom stereocenters. The predicted molar refractivity (Wildman–Crippen MR) is 112 cm³/mol. The van der Waals surface area contributed by atoms with Crippen LogP contribution in [0.3, 0.4) is 0 Å². The Morgan fingerprint density at radius 2 is 1.87 bits per heavy atom. The van der Waals surface area contributed by atoms with E-state index in [-0.39, 0.29) is 18.5 Å². The Balaban J connectivity index is 1.71. The maximum atomic E-state index is 13.0. The first-order valence-electron chi connectivity index (χ1n) is 9.43. The molecule has 0 saturated heterocycles. The van der Waals surface area contributed by atoms with Gasteiger partial charge in [-0.15, -0.1) is 10.2 Å². The Bertz CT molecular complexity index is 1060. The molecular formula is C22H21ClN4O3. The van der Waals surface area contributed by atoms with Crippen molar-refractivity contribution in [1.29, 1.82) is 5.26 Å². The molecule has 1 amide bonds. The minimum Gasteiger partial charge on any atom is -0.481 e. The molecule has 2 aromatic carbocycles. The molecule has 0 aliphatic heterocycles. The molecule has 3 rings (SSSR count). The second kappa shape index (κ2) is 9.42. The highest BCUT2D eigenvalue weighted by atomic mass is 35.5. The van der Waals surface area contributed by atoms with E-state index in [0.717, 1.165) is 0 Å². The number of nitriles is 1. The van der Waals surface area contributed by atoms with Crippen LogP contribution in [0.4, 0.5) is 0 Å². The van der Waals surface area contributed by atoms with Gasteiger partial charge in [-0.05, 0) is 57.2 Å². The molecule has 0 saturated carbocycles. The van der Waals surface area contributed by atoms with Crippen molar-refractivity contribution in [1.82, 2.24) is 15.1 Å². The summed E-state index contributed by atoms with van der Waals surface area (Å²) in [5.41, 5.74) is 1.16. The van der Waals surface area contributed by atoms with Crippen molar-refractivity contribution in [2.75, 3.05) is 0 Å². The second-order valence-electron chi connectivity index (χ2n) is 6.94. The number of nitrogens with zero attached hydrogens (tertiary/aromatic N) is 4. The fraction of sp³-hybridized carbons (Fsp3) is 0.273. The Hall–Kier alpha value is -3.37. The molecule has 8 heteroatoms. The zero-order chi connectivity index (χ0) is 21.7. The molecule has 0 aliphatic rings. The Morgan fingerprint density at radius 3 is 2.50 bits per heavy atom. The summed E-state index contributed by atoms with van der Waals surface area (Å²) in [4.78, 5) is 14.6. The molecule has 0 radical (unpaired) electrons. The number of ether oxygens (including phenoxy) is 1. The van der Waals surface area contributed by atoms with Crippen LogP contribution in [0.15, 0.2) is 52.9 Å². The van der Waals surface area contributed by atoms with Crippen LogP contribution < -0.4 is 4.74 Å². The van der Waals surface area contributed by atoms with E-state index in [1.807, 2.05) is 32.0 Å². The number of benzene rings is 2. The van der Waals surface area contributed by atoms with Crippen LogP contribution >= 0.6 is 11.6 Å². The normalized spacial score (nSPS) is 11.7. The van der Waals surface area contributed by atoms with Gasteiger partial charge in [0.05, 0.1) is 28.8 Å². The average Bonchev–Trinajstić information content (AvgIpc) is 3.20. The highest BCUT2D eigenvalue weighted by Crippen LogP contribution is 2.26. The first kappa shape index (κ1) is 21.3. The number of carbonyl (C=O) groups is 1. The first-order chi connectivity index (χ1) is 14.4. The maximum Gasteiger partial charge on any atom is 0.264 e. The average molecular weight is 425 g/mol. The quantitative estimate of drug-likeness (QED) is 0.555. The van der Waals surface area contributed by atoms with Crippen LogP contribution in [0.2, 0.25) is 5.02 Å². The number of amides is 1. The molecule has 1 heterocycles. The third kappa shape index (κ3) is 4.97. The van der Waals surface area contributed by atoms with Crippen molar-refractivity contribution in [3.63, 3.8) is 0 Å². The zero-order valence-electron chi connectivity index (χ0n) is 16.9. The summed E-state index contributed by atoms with van der Waals surface area (Å²) in [6, 6.07) is 15.7. The van der Waals surface area contributed by atoms with E-state index in [2.05, 4.69) is 10.2 Å². The molecule has 1 atom stereocenters. The number of rotatable bonds is 7. The predicted octanol–water partition coefficient (Wildman–Crippen LogP) is 4.47. The van der Waals surface area contributed by atoms with E-state index < -0.39 is 6.10 Å². The van der Waals surface area contributed by atoms with E-state index in [1.165, 1.54) is 0 Å². The van der Waals surface area contributed by atoms with Gasteiger partial charge in [0.25, 0.3) is 5.91 Å². The molecule has 0 aliphatic carbocycles. The van der Waals surface area contributed by atoms with E-state index in [0.29, 0.717) is 33.7 Å². The third-order valence-corrected chi connectivity index (χ3v) is 4.76. The van der Waals surface area contributed by atoms with Crippen molar-refractivity contribution in [3.05, 3.63) is 65.0 Å². The minimum absolute atomic E-state index is 0.111. The molecule has 3 aromatic rings. The van der Waals surface area contributed by atoms with Crippen LogP contribution in [0.25, 0.3) is 11.5 Å². The fourth-order valence-corrected chi connectivity index (χ4v) is 3.03. The lowest BCUT2D eigenvalue weighted by molar-refractivity contribution is -0.140. The molecule has 30 heavy (non-hydrogen) atoms. The Labute approximate surface area is 179 Å². The summed E-state index contributed by atoms with van der Waals surface area (Å²) in [5.74, 6) is 0.899. The summed E-state index contributed by atoms with van der Waals surface area (Å²) in [5, 5.41) is 17.5. The topological polar surface area (TPSA) is 92.2 Å². The molecule has 0 fully saturated rings. The third-order valence-electron chi connectivity index (χ3n) is 4.43. The number of hydrogen-bond acceptors (Lipinski definition) is 6. The lowest BCUT2D eigenvalue weighted by atomic mass is 10.2. The lowest BCUT2D eigenvalue weighted by Crippen LogP contribution is -2.43. The van der Waals surface area contributed by atoms with Gasteiger partial charge in [-0.3, -0.25) is 4.79 Å². The van der Waals surface area contributed by atoms with Crippen molar-refractivity contribution in [2.24, 2.45) is 0 Å². The fourth-order valence-electron chi connectivity index (χ4n) is 2.82. The van der Waals surface area contributed by atoms with E-state index >= 15 is 0 Å². The highest BCUT2D eigenvalue weighted by Gasteiger charge is 2.26. The number of carbonyl (C=O) groups excluding carboxylic acids is 1. The molecule has 0 bridgehead atoms. The molecular weight excluding hydrogens is 404 g/mol. The largest absolute Gasteiger partial charge is 0.481 e. The minimum atomic E-state index is -0.730. The van der Waals surface area contributed by atoms with Gasteiger partial charge in [-0.2, -0.15) is 5.26 Å². The monoisotopic (exact) mass is 424 g/mol. The number of hydrogen-bond donors (Lipinski definition) is 0. The molecule has 0 N–H and O–H groups in total. The van der Waals surface area contributed by atoms with Gasteiger partial charge in [0.2, 0.25) is 11.8 Å². The highest BCUT2D eigenvalue weighted by molar-refractivity contribution is 6.33. The maximum absolute atomic E-state index is 13.0. The van der Waals surface area contributed by atoms with Gasteiger partial charge in [0, 0.05) is 6.04 Å². The van der Waals surface area contributed by atoms with Gasteiger partial charge in [0.1, 0.15) is 5.75 Å². The molecule has 7 nitrogen and oxygen atoms in total. The Morgan fingerprint density at radius 1 is 1.17 bits per heavy atom. The zero-order valence-corrected chi connectivity index (χ0v) is 17.6. The summed E-state index contributed by atoms with van der Waals surface area (Å²) < 4.78 is 11.5. The summed E-state index contributed by atoms with van der Waals surface area (Å²) >= 11 is 6.19. The van der Waals surface area contributed by atoms with Crippen LogP contribution in [0.1, 0.15) is 32.2 Å². The van der Waals surface area contributed by atoms with Gasteiger partial charge in [-0.25, -0.2) is 0 Å². The van der Waals surface area contributed by atoms with Crippen molar-refractivity contribution in [3.8, 4) is 23.3 Å². The summed E-state index contributed by atoms with van der Waals surface area (Å²) in [7, 11) is 0. The van der Waals surface area contributed by atoms with Gasteiger partial charge in [0.15, 0.2) is 6.10 Å². The second-order valence-corrected chi connectivity index (χ2v) is 7.34. The first-order valence-corrected chi connectivity index (χ1v) is 9.81. The smallest absolute Gasteiger partial charge is 0.264 e.